The Kier molecular flexibility index (Phi) is 3.20. The van der Waals surface area contributed by atoms with Gasteiger partial charge in [-0.3, -0.25) is 0 Å². The molecule has 1 aromatic rings. The van der Waals surface area contributed by atoms with E-state index in [1.165, 1.54) is 18.4 Å². The van der Waals surface area contributed by atoms with Gasteiger partial charge in [-0.05, 0) is 42.4 Å². The van der Waals surface area contributed by atoms with Crippen molar-refractivity contribution in [2.24, 2.45) is 5.92 Å². The number of halogens is 1. The number of hydrogen-bond acceptors (Lipinski definition) is 1. The first-order chi connectivity index (χ1) is 7.16. The van der Waals surface area contributed by atoms with Crippen LogP contribution in [0.5, 0.6) is 5.75 Å². The normalized spacial score (nSPS) is 15.7. The van der Waals surface area contributed by atoms with Crippen LogP contribution in [0, 0.1) is 5.92 Å². The van der Waals surface area contributed by atoms with Gasteiger partial charge < -0.3 is 4.74 Å². The second kappa shape index (κ2) is 4.44. The lowest BCUT2D eigenvalue weighted by atomic mass is 10.0. The van der Waals surface area contributed by atoms with Gasteiger partial charge in [-0.25, -0.2) is 0 Å². The Morgan fingerprint density at radius 2 is 2.13 bits per heavy atom. The minimum absolute atomic E-state index is 0.514. The first-order valence-electron chi connectivity index (χ1n) is 5.59. The van der Waals surface area contributed by atoms with Crippen LogP contribution in [0.3, 0.4) is 0 Å². The standard InChI is InChI=1S/C13H17ClO/c1-9(2)11-5-6-13(12(14)7-11)15-8-10-3-4-10/h5-7,9-10H,3-4,8H2,1-2H3. The number of ether oxygens (including phenoxy) is 1. The topological polar surface area (TPSA) is 9.23 Å². The summed E-state index contributed by atoms with van der Waals surface area (Å²) in [5.41, 5.74) is 1.26. The Bertz CT molecular complexity index is 342. The Morgan fingerprint density at radius 3 is 2.67 bits per heavy atom. The van der Waals surface area contributed by atoms with Crippen LogP contribution in [0.4, 0.5) is 0 Å². The van der Waals surface area contributed by atoms with E-state index in [0.717, 1.165) is 23.3 Å². The van der Waals surface area contributed by atoms with E-state index in [1.54, 1.807) is 0 Å². The summed E-state index contributed by atoms with van der Waals surface area (Å²) in [7, 11) is 0. The number of hydrogen-bond donors (Lipinski definition) is 0. The highest BCUT2D eigenvalue weighted by Gasteiger charge is 2.22. The molecular weight excluding hydrogens is 208 g/mol. The summed E-state index contributed by atoms with van der Waals surface area (Å²) < 4.78 is 5.66. The molecule has 1 aromatic carbocycles. The summed E-state index contributed by atoms with van der Waals surface area (Å²) in [6.07, 6.45) is 2.61. The van der Waals surface area contributed by atoms with Crippen molar-refractivity contribution >= 4 is 11.6 Å². The van der Waals surface area contributed by atoms with E-state index in [0.29, 0.717) is 5.92 Å². The average molecular weight is 225 g/mol. The first kappa shape index (κ1) is 10.8. The highest BCUT2D eigenvalue weighted by atomic mass is 35.5. The quantitative estimate of drug-likeness (QED) is 0.743. The monoisotopic (exact) mass is 224 g/mol. The lowest BCUT2D eigenvalue weighted by Crippen LogP contribution is -1.99. The predicted molar refractivity (Wildman–Crippen MR) is 63.8 cm³/mol. The molecule has 1 fully saturated rings. The van der Waals surface area contributed by atoms with Crippen molar-refractivity contribution in [3.8, 4) is 5.75 Å². The minimum atomic E-state index is 0.514. The predicted octanol–water partition coefficient (Wildman–Crippen LogP) is 4.25. The highest BCUT2D eigenvalue weighted by molar-refractivity contribution is 6.32. The molecule has 1 aliphatic rings. The average Bonchev–Trinajstić information content (AvgIpc) is 2.99. The molecule has 0 saturated heterocycles. The maximum atomic E-state index is 6.15. The summed E-state index contributed by atoms with van der Waals surface area (Å²) >= 11 is 6.15. The van der Waals surface area contributed by atoms with Gasteiger partial charge in [-0.15, -0.1) is 0 Å². The van der Waals surface area contributed by atoms with Crippen molar-refractivity contribution in [2.75, 3.05) is 6.61 Å². The maximum Gasteiger partial charge on any atom is 0.137 e. The SMILES string of the molecule is CC(C)c1ccc(OCC2CC2)c(Cl)c1. The Labute approximate surface area is 96.4 Å². The third-order valence-corrected chi connectivity index (χ3v) is 3.09. The molecule has 1 nitrogen and oxygen atoms in total. The molecule has 0 aliphatic heterocycles. The molecule has 0 radical (unpaired) electrons. The van der Waals surface area contributed by atoms with Crippen molar-refractivity contribution in [1.29, 1.82) is 0 Å². The molecule has 0 heterocycles. The van der Waals surface area contributed by atoms with Crippen LogP contribution >= 0.6 is 11.6 Å². The number of benzene rings is 1. The Morgan fingerprint density at radius 1 is 1.40 bits per heavy atom. The van der Waals surface area contributed by atoms with Gasteiger partial charge in [0.05, 0.1) is 11.6 Å². The Hall–Kier alpha value is -0.690. The second-order valence-corrected chi connectivity index (χ2v) is 5.01. The van der Waals surface area contributed by atoms with E-state index >= 15 is 0 Å². The fraction of sp³-hybridized carbons (Fsp3) is 0.538. The molecule has 2 heteroatoms. The fourth-order valence-corrected chi connectivity index (χ4v) is 1.73. The summed E-state index contributed by atoms with van der Waals surface area (Å²) in [6.45, 7) is 5.15. The molecule has 1 saturated carbocycles. The van der Waals surface area contributed by atoms with Crippen molar-refractivity contribution in [2.45, 2.75) is 32.6 Å². The number of rotatable bonds is 4. The van der Waals surface area contributed by atoms with Gasteiger partial charge in [0.25, 0.3) is 0 Å². The van der Waals surface area contributed by atoms with Crippen LogP contribution in [-0.4, -0.2) is 6.61 Å². The van der Waals surface area contributed by atoms with Gasteiger partial charge >= 0.3 is 0 Å². The van der Waals surface area contributed by atoms with Gasteiger partial charge in [-0.1, -0.05) is 31.5 Å². The lowest BCUT2D eigenvalue weighted by Gasteiger charge is -2.10. The molecule has 0 bridgehead atoms. The van der Waals surface area contributed by atoms with Gasteiger partial charge in [0.2, 0.25) is 0 Å². The summed E-state index contributed by atoms with van der Waals surface area (Å²) in [5.74, 6) is 2.11. The largest absolute Gasteiger partial charge is 0.492 e. The maximum absolute atomic E-state index is 6.15. The summed E-state index contributed by atoms with van der Waals surface area (Å²) in [6, 6.07) is 6.09. The van der Waals surface area contributed by atoms with E-state index in [9.17, 15) is 0 Å². The zero-order valence-electron chi connectivity index (χ0n) is 9.29. The van der Waals surface area contributed by atoms with Crippen LogP contribution in [-0.2, 0) is 0 Å². The van der Waals surface area contributed by atoms with Crippen LogP contribution in [0.25, 0.3) is 0 Å². The molecule has 0 amide bonds. The van der Waals surface area contributed by atoms with Gasteiger partial charge in [0.1, 0.15) is 5.75 Å². The van der Waals surface area contributed by atoms with Crippen molar-refractivity contribution < 1.29 is 4.74 Å². The van der Waals surface area contributed by atoms with Crippen LogP contribution in [0.1, 0.15) is 38.2 Å². The molecule has 0 aromatic heterocycles. The van der Waals surface area contributed by atoms with E-state index in [1.807, 2.05) is 12.1 Å². The lowest BCUT2D eigenvalue weighted by molar-refractivity contribution is 0.300. The van der Waals surface area contributed by atoms with Gasteiger partial charge in [-0.2, -0.15) is 0 Å². The molecule has 0 N–H and O–H groups in total. The van der Waals surface area contributed by atoms with Crippen LogP contribution < -0.4 is 4.74 Å². The molecule has 0 unspecified atom stereocenters. The smallest absolute Gasteiger partial charge is 0.137 e. The van der Waals surface area contributed by atoms with E-state index in [4.69, 9.17) is 16.3 Å². The second-order valence-electron chi connectivity index (χ2n) is 4.60. The third-order valence-electron chi connectivity index (χ3n) is 2.79. The first-order valence-corrected chi connectivity index (χ1v) is 5.97. The van der Waals surface area contributed by atoms with Crippen molar-refractivity contribution in [3.63, 3.8) is 0 Å². The van der Waals surface area contributed by atoms with Crippen LogP contribution in [0.15, 0.2) is 18.2 Å². The third kappa shape index (κ3) is 2.88. The minimum Gasteiger partial charge on any atom is -0.492 e. The zero-order valence-corrected chi connectivity index (χ0v) is 10.1. The van der Waals surface area contributed by atoms with E-state index in [2.05, 4.69) is 19.9 Å². The molecule has 0 atom stereocenters. The van der Waals surface area contributed by atoms with Crippen LogP contribution in [0.2, 0.25) is 5.02 Å². The van der Waals surface area contributed by atoms with E-state index in [-0.39, 0.29) is 0 Å². The Balaban J connectivity index is 2.04. The van der Waals surface area contributed by atoms with Crippen molar-refractivity contribution in [3.05, 3.63) is 28.8 Å². The summed E-state index contributed by atoms with van der Waals surface area (Å²) in [4.78, 5) is 0. The van der Waals surface area contributed by atoms with Gasteiger partial charge in [0, 0.05) is 0 Å². The molecular formula is C13H17ClO. The molecule has 15 heavy (non-hydrogen) atoms. The molecule has 1 aliphatic carbocycles. The molecule has 82 valence electrons. The van der Waals surface area contributed by atoms with Crippen molar-refractivity contribution in [1.82, 2.24) is 0 Å². The van der Waals surface area contributed by atoms with Gasteiger partial charge in [0.15, 0.2) is 0 Å². The summed E-state index contributed by atoms with van der Waals surface area (Å²) in [5, 5.41) is 0.738. The molecule has 2 rings (SSSR count). The zero-order chi connectivity index (χ0) is 10.8. The molecule has 0 spiro atoms. The fourth-order valence-electron chi connectivity index (χ4n) is 1.49. The highest BCUT2D eigenvalue weighted by Crippen LogP contribution is 2.32. The van der Waals surface area contributed by atoms with E-state index < -0.39 is 0 Å².